The predicted molar refractivity (Wildman–Crippen MR) is 70.8 cm³/mol. The summed E-state index contributed by atoms with van der Waals surface area (Å²) in [5, 5.41) is 14.5. The molecule has 0 aliphatic rings. The number of thiazole rings is 1. The zero-order chi connectivity index (χ0) is 12.2. The average molecular weight is 257 g/mol. The first-order chi connectivity index (χ1) is 8.92. The second-order valence-electron chi connectivity index (χ2n) is 3.64. The molecule has 0 bridgehead atoms. The summed E-state index contributed by atoms with van der Waals surface area (Å²) >= 11 is 1.65. The van der Waals surface area contributed by atoms with Gasteiger partial charge in [-0.15, -0.1) is 11.3 Å². The van der Waals surface area contributed by atoms with Crippen molar-refractivity contribution >= 4 is 17.0 Å². The summed E-state index contributed by atoms with van der Waals surface area (Å²) < 4.78 is 0. The smallest absolute Gasteiger partial charge is 0.112 e. The topological polar surface area (TPSA) is 55.6 Å². The van der Waals surface area contributed by atoms with E-state index in [-0.39, 0.29) is 0 Å². The van der Waals surface area contributed by atoms with Gasteiger partial charge in [0.2, 0.25) is 0 Å². The molecule has 3 aromatic rings. The number of nitrogens with zero attached hydrogens (tertiary/aromatic N) is 4. The van der Waals surface area contributed by atoms with Crippen LogP contribution in [0.2, 0.25) is 0 Å². The van der Waals surface area contributed by atoms with E-state index in [1.165, 1.54) is 0 Å². The molecule has 2 heterocycles. The van der Waals surface area contributed by atoms with Gasteiger partial charge in [0.25, 0.3) is 0 Å². The van der Waals surface area contributed by atoms with Gasteiger partial charge in [0, 0.05) is 17.3 Å². The van der Waals surface area contributed by atoms with Crippen molar-refractivity contribution in [1.82, 2.24) is 20.0 Å². The third kappa shape index (κ3) is 2.38. The standard InChI is InChI=1S/C12H11N5S/c1-3-11(17-15-5-6-16-17)4-2-10(1)14-9-12-13-7-8-18-12/h1-8,14H,9H2. The number of aromatic nitrogens is 4. The minimum Gasteiger partial charge on any atom is -0.379 e. The summed E-state index contributed by atoms with van der Waals surface area (Å²) in [7, 11) is 0. The van der Waals surface area contributed by atoms with Crippen LogP contribution in [0.25, 0.3) is 5.69 Å². The quantitative estimate of drug-likeness (QED) is 0.779. The lowest BCUT2D eigenvalue weighted by molar-refractivity contribution is 0.752. The van der Waals surface area contributed by atoms with Gasteiger partial charge in [-0.05, 0) is 24.3 Å². The summed E-state index contributed by atoms with van der Waals surface area (Å²) in [6.07, 6.45) is 5.14. The van der Waals surface area contributed by atoms with Gasteiger partial charge in [0.05, 0.1) is 24.6 Å². The fourth-order valence-corrected chi connectivity index (χ4v) is 2.14. The van der Waals surface area contributed by atoms with Crippen LogP contribution in [0.5, 0.6) is 0 Å². The summed E-state index contributed by atoms with van der Waals surface area (Å²) in [5.41, 5.74) is 2.00. The Morgan fingerprint density at radius 1 is 1.06 bits per heavy atom. The molecule has 0 spiro atoms. The maximum atomic E-state index is 4.22. The highest BCUT2D eigenvalue weighted by molar-refractivity contribution is 7.09. The molecule has 0 saturated carbocycles. The summed E-state index contributed by atoms with van der Waals surface area (Å²) in [6.45, 7) is 0.747. The van der Waals surface area contributed by atoms with Gasteiger partial charge in [-0.1, -0.05) is 0 Å². The van der Waals surface area contributed by atoms with Crippen molar-refractivity contribution in [2.75, 3.05) is 5.32 Å². The van der Waals surface area contributed by atoms with Crippen LogP contribution in [0.1, 0.15) is 5.01 Å². The highest BCUT2D eigenvalue weighted by Gasteiger charge is 1.99. The van der Waals surface area contributed by atoms with Crippen LogP contribution in [0.15, 0.2) is 48.2 Å². The fourth-order valence-electron chi connectivity index (χ4n) is 1.58. The third-order valence-corrected chi connectivity index (χ3v) is 3.22. The highest BCUT2D eigenvalue weighted by atomic mass is 32.1. The molecule has 90 valence electrons. The zero-order valence-corrected chi connectivity index (χ0v) is 10.3. The lowest BCUT2D eigenvalue weighted by atomic mass is 10.3. The van der Waals surface area contributed by atoms with Gasteiger partial charge in [-0.2, -0.15) is 15.0 Å². The van der Waals surface area contributed by atoms with E-state index in [1.807, 2.05) is 35.8 Å². The molecule has 2 aromatic heterocycles. The van der Waals surface area contributed by atoms with Gasteiger partial charge in [-0.25, -0.2) is 4.98 Å². The Bertz CT molecular complexity index is 586. The molecular formula is C12H11N5S. The van der Waals surface area contributed by atoms with Crippen molar-refractivity contribution in [3.05, 3.63) is 53.2 Å². The lowest BCUT2D eigenvalue weighted by Gasteiger charge is -2.05. The fraction of sp³-hybridized carbons (Fsp3) is 0.0833. The zero-order valence-electron chi connectivity index (χ0n) is 9.52. The Morgan fingerprint density at radius 2 is 1.83 bits per heavy atom. The molecule has 0 amide bonds. The molecule has 0 atom stereocenters. The van der Waals surface area contributed by atoms with E-state index < -0.39 is 0 Å². The van der Waals surface area contributed by atoms with E-state index in [9.17, 15) is 0 Å². The maximum Gasteiger partial charge on any atom is 0.112 e. The maximum absolute atomic E-state index is 4.22. The first-order valence-electron chi connectivity index (χ1n) is 5.51. The first kappa shape index (κ1) is 10.9. The SMILES string of the molecule is c1csc(CNc2ccc(-n3nccn3)cc2)n1. The summed E-state index contributed by atoms with van der Waals surface area (Å²) in [4.78, 5) is 5.81. The molecular weight excluding hydrogens is 246 g/mol. The summed E-state index contributed by atoms with van der Waals surface area (Å²) in [5.74, 6) is 0. The van der Waals surface area contributed by atoms with Crippen molar-refractivity contribution in [3.63, 3.8) is 0 Å². The molecule has 0 saturated heterocycles. The van der Waals surface area contributed by atoms with Gasteiger partial charge < -0.3 is 5.32 Å². The molecule has 3 rings (SSSR count). The van der Waals surface area contributed by atoms with E-state index in [0.717, 1.165) is 22.9 Å². The monoisotopic (exact) mass is 257 g/mol. The Balaban J connectivity index is 1.68. The number of nitrogens with one attached hydrogen (secondary N) is 1. The predicted octanol–water partition coefficient (Wildman–Crippen LogP) is 2.34. The largest absolute Gasteiger partial charge is 0.379 e. The Morgan fingerprint density at radius 3 is 2.50 bits per heavy atom. The van der Waals surface area contributed by atoms with E-state index >= 15 is 0 Å². The molecule has 1 N–H and O–H groups in total. The molecule has 0 radical (unpaired) electrons. The second-order valence-corrected chi connectivity index (χ2v) is 4.62. The molecule has 6 heteroatoms. The van der Waals surface area contributed by atoms with Crippen LogP contribution < -0.4 is 5.32 Å². The normalized spacial score (nSPS) is 10.4. The van der Waals surface area contributed by atoms with E-state index in [2.05, 4.69) is 20.5 Å². The van der Waals surface area contributed by atoms with Crippen molar-refractivity contribution in [1.29, 1.82) is 0 Å². The average Bonchev–Trinajstić information content (AvgIpc) is 3.10. The van der Waals surface area contributed by atoms with Crippen LogP contribution in [0, 0.1) is 0 Å². The van der Waals surface area contributed by atoms with Gasteiger partial charge >= 0.3 is 0 Å². The van der Waals surface area contributed by atoms with E-state index in [4.69, 9.17) is 0 Å². The molecule has 0 aliphatic carbocycles. The molecule has 5 nitrogen and oxygen atoms in total. The van der Waals surface area contributed by atoms with Crippen LogP contribution in [-0.4, -0.2) is 20.0 Å². The van der Waals surface area contributed by atoms with Gasteiger partial charge in [-0.3, -0.25) is 0 Å². The third-order valence-electron chi connectivity index (χ3n) is 2.44. The highest BCUT2D eigenvalue weighted by Crippen LogP contribution is 2.13. The van der Waals surface area contributed by atoms with Crippen LogP contribution in [0.4, 0.5) is 5.69 Å². The van der Waals surface area contributed by atoms with Crippen molar-refractivity contribution in [2.45, 2.75) is 6.54 Å². The number of benzene rings is 1. The second kappa shape index (κ2) is 4.97. The number of hydrogen-bond donors (Lipinski definition) is 1. The minimum absolute atomic E-state index is 0.747. The molecule has 1 aromatic carbocycles. The van der Waals surface area contributed by atoms with Crippen molar-refractivity contribution in [2.24, 2.45) is 0 Å². The van der Waals surface area contributed by atoms with Gasteiger partial charge in [0.15, 0.2) is 0 Å². The Labute approximate surface area is 108 Å². The van der Waals surface area contributed by atoms with Crippen LogP contribution in [-0.2, 0) is 6.54 Å². The first-order valence-corrected chi connectivity index (χ1v) is 6.39. The summed E-state index contributed by atoms with van der Waals surface area (Å²) in [6, 6.07) is 7.97. The van der Waals surface area contributed by atoms with E-state index in [0.29, 0.717) is 0 Å². The molecule has 0 fully saturated rings. The van der Waals surface area contributed by atoms with Crippen molar-refractivity contribution in [3.8, 4) is 5.69 Å². The lowest BCUT2D eigenvalue weighted by Crippen LogP contribution is -2.01. The molecule has 0 unspecified atom stereocenters. The van der Waals surface area contributed by atoms with Gasteiger partial charge in [0.1, 0.15) is 5.01 Å². The Hall–Kier alpha value is -2.21. The van der Waals surface area contributed by atoms with Crippen molar-refractivity contribution < 1.29 is 0 Å². The number of rotatable bonds is 4. The molecule has 18 heavy (non-hydrogen) atoms. The Kier molecular flexibility index (Phi) is 3.01. The van der Waals surface area contributed by atoms with E-state index in [1.54, 1.807) is 28.5 Å². The minimum atomic E-state index is 0.747. The van der Waals surface area contributed by atoms with Crippen LogP contribution >= 0.6 is 11.3 Å². The van der Waals surface area contributed by atoms with Crippen LogP contribution in [0.3, 0.4) is 0 Å². The molecule has 0 aliphatic heterocycles. The number of anilines is 1. The number of hydrogen-bond acceptors (Lipinski definition) is 5.